The van der Waals surface area contributed by atoms with E-state index in [9.17, 15) is 4.39 Å². The molecule has 0 fully saturated rings. The molecule has 0 aliphatic heterocycles. The van der Waals surface area contributed by atoms with E-state index in [-0.39, 0.29) is 12.4 Å². The van der Waals surface area contributed by atoms with Gasteiger partial charge in [0.2, 0.25) is 0 Å². The Morgan fingerprint density at radius 3 is 2.90 bits per heavy atom. The van der Waals surface area contributed by atoms with Gasteiger partial charge in [0.1, 0.15) is 18.0 Å². The summed E-state index contributed by atoms with van der Waals surface area (Å²) in [4.78, 5) is 12.4. The zero-order chi connectivity index (χ0) is 13.9. The van der Waals surface area contributed by atoms with Crippen LogP contribution >= 0.6 is 0 Å². The summed E-state index contributed by atoms with van der Waals surface area (Å²) in [5, 5.41) is 4.04. The summed E-state index contributed by atoms with van der Waals surface area (Å²) in [5.74, 6) is 0.360. The van der Waals surface area contributed by atoms with Crippen molar-refractivity contribution in [3.05, 3.63) is 59.9 Å². The lowest BCUT2D eigenvalue weighted by Gasteiger charge is -2.08. The van der Waals surface area contributed by atoms with Gasteiger partial charge in [-0.2, -0.15) is 0 Å². The number of fused-ring (bicyclic) bond motifs is 1. The summed E-state index contributed by atoms with van der Waals surface area (Å²) in [5.41, 5.74) is 2.35. The lowest BCUT2D eigenvalue weighted by Crippen LogP contribution is -2.06. The standard InChI is InChI=1S/C15H13FN4/c1-10-4-5-13-11(7-10)15(20-9-19-13)18-8-14-12(16)3-2-6-17-14/h2-7,9H,8H2,1H3,(H,18,19,20). The molecule has 0 bridgehead atoms. The third-order valence-corrected chi connectivity index (χ3v) is 3.05. The minimum atomic E-state index is -0.324. The van der Waals surface area contributed by atoms with E-state index in [0.717, 1.165) is 16.5 Å². The second-order valence-electron chi connectivity index (χ2n) is 4.53. The van der Waals surface area contributed by atoms with Crippen molar-refractivity contribution in [2.45, 2.75) is 13.5 Å². The number of pyridine rings is 1. The fourth-order valence-electron chi connectivity index (χ4n) is 2.03. The smallest absolute Gasteiger partial charge is 0.146 e. The first kappa shape index (κ1) is 12.5. The van der Waals surface area contributed by atoms with Crippen molar-refractivity contribution in [3.63, 3.8) is 0 Å². The lowest BCUT2D eigenvalue weighted by molar-refractivity contribution is 0.602. The zero-order valence-corrected chi connectivity index (χ0v) is 11.0. The maximum Gasteiger partial charge on any atom is 0.146 e. The predicted molar refractivity (Wildman–Crippen MR) is 75.8 cm³/mol. The first-order valence-electron chi connectivity index (χ1n) is 6.28. The number of halogens is 1. The third kappa shape index (κ3) is 2.42. The van der Waals surface area contributed by atoms with Crippen molar-refractivity contribution in [1.29, 1.82) is 0 Å². The van der Waals surface area contributed by atoms with Crippen molar-refractivity contribution >= 4 is 16.7 Å². The average molecular weight is 268 g/mol. The maximum atomic E-state index is 13.5. The van der Waals surface area contributed by atoms with Gasteiger partial charge in [0.05, 0.1) is 17.8 Å². The summed E-state index contributed by atoms with van der Waals surface area (Å²) in [7, 11) is 0. The maximum absolute atomic E-state index is 13.5. The summed E-state index contributed by atoms with van der Waals surface area (Å²) in [6.45, 7) is 2.29. The van der Waals surface area contributed by atoms with Crippen LogP contribution in [0.15, 0.2) is 42.9 Å². The molecule has 0 aliphatic rings. The van der Waals surface area contributed by atoms with E-state index in [4.69, 9.17) is 0 Å². The molecule has 0 saturated carbocycles. The molecule has 0 atom stereocenters. The van der Waals surface area contributed by atoms with Gasteiger partial charge in [0.15, 0.2) is 0 Å². The molecule has 20 heavy (non-hydrogen) atoms. The van der Waals surface area contributed by atoms with Crippen molar-refractivity contribution in [3.8, 4) is 0 Å². The summed E-state index contributed by atoms with van der Waals surface area (Å²) in [6.07, 6.45) is 3.07. The van der Waals surface area contributed by atoms with Gasteiger partial charge in [0, 0.05) is 11.6 Å². The first-order chi connectivity index (χ1) is 9.74. The second kappa shape index (κ2) is 5.21. The molecule has 0 unspecified atom stereocenters. The number of anilines is 1. The van der Waals surface area contributed by atoms with Crippen LogP contribution in [0.1, 0.15) is 11.3 Å². The van der Waals surface area contributed by atoms with E-state index in [2.05, 4.69) is 20.3 Å². The van der Waals surface area contributed by atoms with E-state index in [1.165, 1.54) is 12.4 Å². The highest BCUT2D eigenvalue weighted by Crippen LogP contribution is 2.20. The van der Waals surface area contributed by atoms with Gasteiger partial charge in [0.25, 0.3) is 0 Å². The van der Waals surface area contributed by atoms with Crippen LogP contribution in [-0.4, -0.2) is 15.0 Å². The van der Waals surface area contributed by atoms with Gasteiger partial charge < -0.3 is 5.32 Å². The van der Waals surface area contributed by atoms with E-state index in [0.29, 0.717) is 11.5 Å². The number of hydrogen-bond acceptors (Lipinski definition) is 4. The van der Waals surface area contributed by atoms with Gasteiger partial charge >= 0.3 is 0 Å². The Morgan fingerprint density at radius 2 is 2.05 bits per heavy atom. The predicted octanol–water partition coefficient (Wildman–Crippen LogP) is 3.08. The van der Waals surface area contributed by atoms with Crippen molar-refractivity contribution in [2.75, 3.05) is 5.32 Å². The van der Waals surface area contributed by atoms with Crippen LogP contribution in [0.5, 0.6) is 0 Å². The molecular formula is C15H13FN4. The number of nitrogens with zero attached hydrogens (tertiary/aromatic N) is 3. The van der Waals surface area contributed by atoms with E-state index >= 15 is 0 Å². The normalized spacial score (nSPS) is 10.7. The number of benzene rings is 1. The van der Waals surface area contributed by atoms with Crippen LogP contribution in [0.4, 0.5) is 10.2 Å². The Labute approximate surface area is 115 Å². The minimum Gasteiger partial charge on any atom is -0.364 e. The van der Waals surface area contributed by atoms with Crippen molar-refractivity contribution in [2.24, 2.45) is 0 Å². The Morgan fingerprint density at radius 1 is 1.15 bits per heavy atom. The highest BCUT2D eigenvalue weighted by molar-refractivity contribution is 5.89. The van der Waals surface area contributed by atoms with Crippen molar-refractivity contribution in [1.82, 2.24) is 15.0 Å². The molecule has 100 valence electrons. The molecule has 1 N–H and O–H groups in total. The molecule has 0 amide bonds. The quantitative estimate of drug-likeness (QED) is 0.793. The highest BCUT2D eigenvalue weighted by Gasteiger charge is 2.06. The molecule has 0 saturated heterocycles. The Hall–Kier alpha value is -2.56. The van der Waals surface area contributed by atoms with Gasteiger partial charge in [-0.15, -0.1) is 0 Å². The molecule has 5 heteroatoms. The molecule has 4 nitrogen and oxygen atoms in total. The number of aromatic nitrogens is 3. The van der Waals surface area contributed by atoms with Crippen LogP contribution in [0.25, 0.3) is 10.9 Å². The number of aryl methyl sites for hydroxylation is 1. The number of nitrogens with one attached hydrogen (secondary N) is 1. The van der Waals surface area contributed by atoms with Crippen LogP contribution in [-0.2, 0) is 6.54 Å². The average Bonchev–Trinajstić information content (AvgIpc) is 2.46. The van der Waals surface area contributed by atoms with Crippen LogP contribution in [0.3, 0.4) is 0 Å². The SMILES string of the molecule is Cc1ccc2ncnc(NCc3ncccc3F)c2c1. The third-order valence-electron chi connectivity index (χ3n) is 3.05. The molecule has 3 aromatic rings. The summed E-state index contributed by atoms with van der Waals surface area (Å²) < 4.78 is 13.5. The molecule has 0 radical (unpaired) electrons. The molecule has 2 aromatic heterocycles. The van der Waals surface area contributed by atoms with Crippen LogP contribution < -0.4 is 5.32 Å². The van der Waals surface area contributed by atoms with Gasteiger partial charge in [-0.1, -0.05) is 11.6 Å². The van der Waals surface area contributed by atoms with Gasteiger partial charge in [-0.05, 0) is 31.2 Å². The van der Waals surface area contributed by atoms with E-state index < -0.39 is 0 Å². The molecule has 0 spiro atoms. The fourth-order valence-corrected chi connectivity index (χ4v) is 2.03. The number of rotatable bonds is 3. The molecular weight excluding hydrogens is 255 g/mol. The molecule has 0 aliphatic carbocycles. The Bertz CT molecular complexity index is 758. The van der Waals surface area contributed by atoms with E-state index in [1.54, 1.807) is 12.3 Å². The van der Waals surface area contributed by atoms with Crippen molar-refractivity contribution < 1.29 is 4.39 Å². The fraction of sp³-hybridized carbons (Fsp3) is 0.133. The van der Waals surface area contributed by atoms with Gasteiger partial charge in [-0.25, -0.2) is 14.4 Å². The number of hydrogen-bond donors (Lipinski definition) is 1. The first-order valence-corrected chi connectivity index (χ1v) is 6.28. The molecule has 3 rings (SSSR count). The largest absolute Gasteiger partial charge is 0.364 e. The van der Waals surface area contributed by atoms with Crippen LogP contribution in [0.2, 0.25) is 0 Å². The summed E-state index contributed by atoms with van der Waals surface area (Å²) >= 11 is 0. The molecule has 1 aromatic carbocycles. The molecule has 2 heterocycles. The zero-order valence-electron chi connectivity index (χ0n) is 11.0. The Balaban J connectivity index is 1.91. The lowest BCUT2D eigenvalue weighted by atomic mass is 10.1. The Kier molecular flexibility index (Phi) is 3.25. The monoisotopic (exact) mass is 268 g/mol. The van der Waals surface area contributed by atoms with Gasteiger partial charge in [-0.3, -0.25) is 4.98 Å². The minimum absolute atomic E-state index is 0.284. The highest BCUT2D eigenvalue weighted by atomic mass is 19.1. The van der Waals surface area contributed by atoms with Crippen LogP contribution in [0, 0.1) is 12.7 Å². The second-order valence-corrected chi connectivity index (χ2v) is 4.53. The van der Waals surface area contributed by atoms with E-state index in [1.807, 2.05) is 25.1 Å². The topological polar surface area (TPSA) is 50.7 Å². The summed E-state index contributed by atoms with van der Waals surface area (Å²) in [6, 6.07) is 8.91.